The predicted molar refractivity (Wildman–Crippen MR) is 92.8 cm³/mol. The van der Waals surface area contributed by atoms with Crippen LogP contribution in [0, 0.1) is 0 Å². The molecular weight excluding hydrogens is 434 g/mol. The van der Waals surface area contributed by atoms with E-state index < -0.39 is 0 Å². The monoisotopic (exact) mass is 445 g/mol. The summed E-state index contributed by atoms with van der Waals surface area (Å²) in [6, 6.07) is 15.0. The van der Waals surface area contributed by atoms with Crippen LogP contribution in [0.5, 0.6) is 0 Å². The van der Waals surface area contributed by atoms with Crippen molar-refractivity contribution in [3.63, 3.8) is 0 Å². The van der Waals surface area contributed by atoms with Gasteiger partial charge in [-0.25, -0.2) is 0 Å². The van der Waals surface area contributed by atoms with E-state index in [1.807, 2.05) is 18.2 Å². The lowest BCUT2D eigenvalue weighted by Gasteiger charge is -2.18. The van der Waals surface area contributed by atoms with E-state index in [-0.39, 0.29) is 0 Å². The molecule has 0 aliphatic rings. The highest BCUT2D eigenvalue weighted by atomic mass is 79.9. The summed E-state index contributed by atoms with van der Waals surface area (Å²) in [5.41, 5.74) is 2.43. The third kappa shape index (κ3) is 4.33. The van der Waals surface area contributed by atoms with Crippen molar-refractivity contribution in [1.29, 1.82) is 0 Å². The van der Waals surface area contributed by atoms with Gasteiger partial charge in [-0.05, 0) is 62.9 Å². The van der Waals surface area contributed by atoms with Crippen LogP contribution in [0.1, 0.15) is 12.5 Å². The number of halogens is 3. The summed E-state index contributed by atoms with van der Waals surface area (Å²) in [4.78, 5) is 0. The molecule has 0 aromatic heterocycles. The first kappa shape index (κ1) is 15.1. The second-order valence-corrected chi connectivity index (χ2v) is 7.10. The molecule has 1 N–H and O–H groups in total. The molecule has 2 aromatic rings. The lowest BCUT2D eigenvalue weighted by Crippen LogP contribution is -2.18. The fourth-order valence-electron chi connectivity index (χ4n) is 1.95. The van der Waals surface area contributed by atoms with Crippen LogP contribution < -0.4 is 5.32 Å². The lowest BCUT2D eigenvalue weighted by molar-refractivity contribution is 0.789. The summed E-state index contributed by atoms with van der Waals surface area (Å²) in [6.45, 7) is 2.19. The maximum absolute atomic E-state index is 3.59. The molecule has 2 rings (SSSR count). The zero-order chi connectivity index (χ0) is 13.8. The van der Waals surface area contributed by atoms with E-state index in [4.69, 9.17) is 0 Å². The first-order chi connectivity index (χ1) is 9.06. The Kier molecular flexibility index (Phi) is 5.48. The van der Waals surface area contributed by atoms with Crippen LogP contribution >= 0.6 is 47.8 Å². The zero-order valence-corrected chi connectivity index (χ0v) is 15.2. The molecule has 0 saturated heterocycles. The van der Waals surface area contributed by atoms with E-state index in [0.29, 0.717) is 6.04 Å². The molecule has 19 heavy (non-hydrogen) atoms. The molecular formula is C15H14Br3N. The van der Waals surface area contributed by atoms with Gasteiger partial charge in [-0.2, -0.15) is 0 Å². The average Bonchev–Trinajstić information content (AvgIpc) is 2.35. The van der Waals surface area contributed by atoms with Gasteiger partial charge in [-0.15, -0.1) is 0 Å². The van der Waals surface area contributed by atoms with Crippen molar-refractivity contribution in [2.75, 3.05) is 5.32 Å². The van der Waals surface area contributed by atoms with Gasteiger partial charge in [0.25, 0.3) is 0 Å². The Morgan fingerprint density at radius 3 is 2.16 bits per heavy atom. The molecule has 0 radical (unpaired) electrons. The van der Waals surface area contributed by atoms with Gasteiger partial charge >= 0.3 is 0 Å². The van der Waals surface area contributed by atoms with Crippen LogP contribution in [-0.2, 0) is 6.42 Å². The third-order valence-corrected chi connectivity index (χ3v) is 4.49. The Morgan fingerprint density at radius 1 is 1.00 bits per heavy atom. The Labute approximate surface area is 139 Å². The zero-order valence-electron chi connectivity index (χ0n) is 10.5. The van der Waals surface area contributed by atoms with Gasteiger partial charge in [-0.3, -0.25) is 0 Å². The largest absolute Gasteiger partial charge is 0.380 e. The van der Waals surface area contributed by atoms with Gasteiger partial charge in [0.1, 0.15) is 0 Å². The standard InChI is InChI=1S/C15H14Br3N/c1-10(7-11-5-3-2-4-6-11)19-15-13(17)8-12(16)9-14(15)18/h2-6,8-10,19H,7H2,1H3. The van der Waals surface area contributed by atoms with E-state index in [1.54, 1.807) is 0 Å². The molecule has 1 nitrogen and oxygen atoms in total. The number of anilines is 1. The molecule has 0 aliphatic heterocycles. The quantitative estimate of drug-likeness (QED) is 0.604. The van der Waals surface area contributed by atoms with Crippen molar-refractivity contribution < 1.29 is 0 Å². The topological polar surface area (TPSA) is 12.0 Å². The van der Waals surface area contributed by atoms with Crippen molar-refractivity contribution in [1.82, 2.24) is 0 Å². The number of benzene rings is 2. The third-order valence-electron chi connectivity index (χ3n) is 2.78. The number of nitrogens with one attached hydrogen (secondary N) is 1. The number of rotatable bonds is 4. The van der Waals surface area contributed by atoms with Crippen LogP contribution in [0.2, 0.25) is 0 Å². The van der Waals surface area contributed by atoms with Gasteiger partial charge < -0.3 is 5.32 Å². The Hall–Kier alpha value is -0.320. The maximum atomic E-state index is 3.59. The van der Waals surface area contributed by atoms with Crippen molar-refractivity contribution in [3.05, 3.63) is 61.4 Å². The highest BCUT2D eigenvalue weighted by Gasteiger charge is 2.10. The molecule has 1 atom stereocenters. The molecule has 0 spiro atoms. The van der Waals surface area contributed by atoms with Gasteiger partial charge in [0.15, 0.2) is 0 Å². The van der Waals surface area contributed by atoms with Crippen molar-refractivity contribution in [2.24, 2.45) is 0 Å². The second kappa shape index (κ2) is 6.91. The maximum Gasteiger partial charge on any atom is 0.0631 e. The smallest absolute Gasteiger partial charge is 0.0631 e. The summed E-state index contributed by atoms with van der Waals surface area (Å²) in [5.74, 6) is 0. The molecule has 0 fully saturated rings. The van der Waals surface area contributed by atoms with E-state index in [2.05, 4.69) is 84.3 Å². The molecule has 0 amide bonds. The Balaban J connectivity index is 2.09. The van der Waals surface area contributed by atoms with Crippen molar-refractivity contribution in [3.8, 4) is 0 Å². The summed E-state index contributed by atoms with van der Waals surface area (Å²) in [7, 11) is 0. The Bertz CT molecular complexity index is 532. The van der Waals surface area contributed by atoms with Gasteiger partial charge in [-0.1, -0.05) is 46.3 Å². The highest BCUT2D eigenvalue weighted by Crippen LogP contribution is 2.34. The molecule has 2 aromatic carbocycles. The predicted octanol–water partition coefficient (Wildman–Crippen LogP) is 6.02. The summed E-state index contributed by atoms with van der Waals surface area (Å²) < 4.78 is 3.15. The van der Waals surface area contributed by atoms with Gasteiger partial charge in [0.2, 0.25) is 0 Å². The highest BCUT2D eigenvalue weighted by molar-refractivity contribution is 9.11. The first-order valence-electron chi connectivity index (χ1n) is 6.01. The summed E-state index contributed by atoms with van der Waals surface area (Å²) in [6.07, 6.45) is 0.996. The van der Waals surface area contributed by atoms with E-state index in [0.717, 1.165) is 25.5 Å². The van der Waals surface area contributed by atoms with Crippen molar-refractivity contribution in [2.45, 2.75) is 19.4 Å². The average molecular weight is 448 g/mol. The van der Waals surface area contributed by atoms with Crippen molar-refractivity contribution >= 4 is 53.5 Å². The minimum absolute atomic E-state index is 0.358. The first-order valence-corrected chi connectivity index (χ1v) is 8.39. The normalized spacial score (nSPS) is 12.2. The van der Waals surface area contributed by atoms with Crippen LogP contribution in [0.4, 0.5) is 5.69 Å². The molecule has 0 aliphatic carbocycles. The number of hydrogen-bond donors (Lipinski definition) is 1. The fourth-order valence-corrected chi connectivity index (χ4v) is 4.43. The lowest BCUT2D eigenvalue weighted by atomic mass is 10.1. The van der Waals surface area contributed by atoms with Crippen LogP contribution in [0.15, 0.2) is 55.9 Å². The molecule has 4 heteroatoms. The second-order valence-electron chi connectivity index (χ2n) is 4.48. The van der Waals surface area contributed by atoms with Gasteiger partial charge in [0, 0.05) is 19.5 Å². The van der Waals surface area contributed by atoms with Crippen LogP contribution in [-0.4, -0.2) is 6.04 Å². The SMILES string of the molecule is CC(Cc1ccccc1)Nc1c(Br)cc(Br)cc1Br. The van der Waals surface area contributed by atoms with E-state index in [9.17, 15) is 0 Å². The van der Waals surface area contributed by atoms with Crippen LogP contribution in [0.25, 0.3) is 0 Å². The molecule has 0 heterocycles. The van der Waals surface area contributed by atoms with Gasteiger partial charge in [0.05, 0.1) is 5.69 Å². The Morgan fingerprint density at radius 2 is 1.58 bits per heavy atom. The molecule has 0 saturated carbocycles. The summed E-state index contributed by atoms with van der Waals surface area (Å²) >= 11 is 10.7. The minimum Gasteiger partial charge on any atom is -0.380 e. The number of hydrogen-bond acceptors (Lipinski definition) is 1. The molecule has 0 bridgehead atoms. The van der Waals surface area contributed by atoms with E-state index >= 15 is 0 Å². The minimum atomic E-state index is 0.358. The van der Waals surface area contributed by atoms with E-state index in [1.165, 1.54) is 5.56 Å². The molecule has 100 valence electrons. The van der Waals surface area contributed by atoms with Crippen LogP contribution in [0.3, 0.4) is 0 Å². The summed E-state index contributed by atoms with van der Waals surface area (Å²) in [5, 5.41) is 3.54. The molecule has 1 unspecified atom stereocenters. The fraction of sp³-hybridized carbons (Fsp3) is 0.200.